The Morgan fingerprint density at radius 3 is 2.44 bits per heavy atom. The van der Waals surface area contributed by atoms with Crippen LogP contribution in [0.5, 0.6) is 11.5 Å². The second-order valence-corrected chi connectivity index (χ2v) is 8.87. The summed E-state index contributed by atoms with van der Waals surface area (Å²) in [5, 5.41) is 11.2. The molecule has 0 fully saturated rings. The van der Waals surface area contributed by atoms with Crippen LogP contribution in [0.2, 0.25) is 5.15 Å². The Morgan fingerprint density at radius 2 is 1.75 bits per heavy atom. The number of halogens is 1. The van der Waals surface area contributed by atoms with Crippen molar-refractivity contribution in [2.75, 3.05) is 31.5 Å². The molecule has 4 rings (SSSR count). The molecule has 0 aliphatic heterocycles. The van der Waals surface area contributed by atoms with Crippen LogP contribution >= 0.6 is 22.9 Å². The number of carbonyl (C=O) groups is 2. The van der Waals surface area contributed by atoms with E-state index in [9.17, 15) is 9.59 Å². The van der Waals surface area contributed by atoms with Gasteiger partial charge in [0, 0.05) is 35.8 Å². The monoisotopic (exact) mass is 524 g/mol. The number of amides is 2. The fourth-order valence-corrected chi connectivity index (χ4v) is 4.22. The summed E-state index contributed by atoms with van der Waals surface area (Å²) in [4.78, 5) is 35.8. The van der Waals surface area contributed by atoms with Gasteiger partial charge in [-0.15, -0.1) is 10.2 Å². The number of aromatic nitrogens is 4. The van der Waals surface area contributed by atoms with Crippen LogP contribution in [0.25, 0.3) is 11.1 Å². The first-order valence-electron chi connectivity index (χ1n) is 10.5. The number of methoxy groups -OCH3 is 2. The lowest BCUT2D eigenvalue weighted by Gasteiger charge is -2.15. The Morgan fingerprint density at radius 1 is 1.00 bits per heavy atom. The first-order valence-corrected chi connectivity index (χ1v) is 11.7. The maximum Gasteiger partial charge on any atom is 0.289 e. The minimum atomic E-state index is -0.480. The molecule has 0 aliphatic carbocycles. The van der Waals surface area contributed by atoms with Gasteiger partial charge >= 0.3 is 0 Å². The number of nitrogens with one attached hydrogen (secondary N) is 1. The Kier molecular flexibility index (Phi) is 7.41. The molecule has 12 heteroatoms. The van der Waals surface area contributed by atoms with Gasteiger partial charge in [-0.25, -0.2) is 4.98 Å². The van der Waals surface area contributed by atoms with Gasteiger partial charge in [0.15, 0.2) is 0 Å². The summed E-state index contributed by atoms with van der Waals surface area (Å²) in [6.45, 7) is 1.81. The van der Waals surface area contributed by atoms with E-state index in [0.717, 1.165) is 11.3 Å². The summed E-state index contributed by atoms with van der Waals surface area (Å²) in [5.74, 6) is 0.278. The normalized spacial score (nSPS) is 10.6. The molecule has 1 N–H and O–H groups in total. The smallest absolute Gasteiger partial charge is 0.289 e. The van der Waals surface area contributed by atoms with E-state index in [1.54, 1.807) is 50.6 Å². The van der Waals surface area contributed by atoms with Crippen molar-refractivity contribution in [2.45, 2.75) is 6.92 Å². The molecule has 0 unspecified atom stereocenters. The van der Waals surface area contributed by atoms with E-state index in [4.69, 9.17) is 21.1 Å². The van der Waals surface area contributed by atoms with Gasteiger partial charge in [0.2, 0.25) is 10.1 Å². The Balaban J connectivity index is 1.57. The van der Waals surface area contributed by atoms with Gasteiger partial charge in [-0.1, -0.05) is 22.9 Å². The Labute approximate surface area is 215 Å². The van der Waals surface area contributed by atoms with Crippen LogP contribution in [-0.2, 0) is 0 Å². The fraction of sp³-hybridized carbons (Fsp3) is 0.167. The predicted octanol–water partition coefficient (Wildman–Crippen LogP) is 4.50. The van der Waals surface area contributed by atoms with Crippen LogP contribution < -0.4 is 19.7 Å². The number of nitrogens with zero attached hydrogens (tertiary/aromatic N) is 5. The first-order chi connectivity index (χ1) is 17.3. The number of anilines is 2. The van der Waals surface area contributed by atoms with Crippen molar-refractivity contribution in [3.63, 3.8) is 0 Å². The van der Waals surface area contributed by atoms with Crippen molar-refractivity contribution >= 4 is 45.6 Å². The number of benzene rings is 1. The number of aryl methyl sites for hydroxylation is 1. The van der Waals surface area contributed by atoms with Gasteiger partial charge in [0.05, 0.1) is 26.0 Å². The van der Waals surface area contributed by atoms with Crippen LogP contribution in [0.4, 0.5) is 10.8 Å². The van der Waals surface area contributed by atoms with Crippen LogP contribution in [-0.4, -0.2) is 53.2 Å². The third kappa shape index (κ3) is 5.26. The minimum absolute atomic E-state index is 0.119. The standard InChI is InChI=1S/C24H21ClN6O4S/c1-13-9-16(17-10-20(25)27-12-19(17)35-4)18(11-26-13)21(32)28-24-30-29-22(36-24)23(33)31(2)14-5-7-15(34-3)8-6-14/h5-12H,1-4H3,(H,28,30,32). The SMILES string of the molecule is COc1ccc(N(C)C(=O)c2nnc(NC(=O)c3cnc(C)cc3-c3cc(Cl)ncc3OC)s2)cc1. The zero-order chi connectivity index (χ0) is 25.8. The van der Waals surface area contributed by atoms with Crippen LogP contribution in [0.3, 0.4) is 0 Å². The highest BCUT2D eigenvalue weighted by Crippen LogP contribution is 2.34. The van der Waals surface area contributed by atoms with Crippen LogP contribution in [0, 0.1) is 6.92 Å². The highest BCUT2D eigenvalue weighted by molar-refractivity contribution is 7.17. The lowest BCUT2D eigenvalue weighted by Crippen LogP contribution is -2.26. The molecule has 36 heavy (non-hydrogen) atoms. The molecule has 0 spiro atoms. The topological polar surface area (TPSA) is 119 Å². The molecule has 0 saturated heterocycles. The van der Waals surface area contributed by atoms with E-state index in [2.05, 4.69) is 25.5 Å². The summed E-state index contributed by atoms with van der Waals surface area (Å²) in [5.41, 5.74) is 2.76. The molecule has 1 aromatic carbocycles. The Bertz CT molecular complexity index is 1430. The first kappa shape index (κ1) is 25.0. The second-order valence-electron chi connectivity index (χ2n) is 7.51. The molecule has 0 bridgehead atoms. The van der Waals surface area contributed by atoms with Crippen LogP contribution in [0.1, 0.15) is 25.9 Å². The van der Waals surface area contributed by atoms with Crippen molar-refractivity contribution in [1.82, 2.24) is 20.2 Å². The lowest BCUT2D eigenvalue weighted by molar-refractivity contribution is 0.0990. The molecule has 0 saturated carbocycles. The number of hydrogen-bond donors (Lipinski definition) is 1. The Hall–Kier alpha value is -4.09. The van der Waals surface area contributed by atoms with E-state index in [1.165, 1.54) is 24.4 Å². The third-order valence-electron chi connectivity index (χ3n) is 5.22. The summed E-state index contributed by atoms with van der Waals surface area (Å²) >= 11 is 7.06. The molecule has 2 amide bonds. The number of pyridine rings is 2. The van der Waals surface area contributed by atoms with Crippen molar-refractivity contribution in [2.24, 2.45) is 0 Å². The van der Waals surface area contributed by atoms with Crippen LogP contribution in [0.15, 0.2) is 48.8 Å². The molecule has 3 aromatic heterocycles. The number of rotatable bonds is 7. The highest BCUT2D eigenvalue weighted by Gasteiger charge is 2.22. The average Bonchev–Trinajstić information content (AvgIpc) is 3.36. The summed E-state index contributed by atoms with van der Waals surface area (Å²) in [7, 11) is 4.70. The van der Waals surface area contributed by atoms with E-state index in [-0.39, 0.29) is 26.8 Å². The molecule has 4 aromatic rings. The molecular weight excluding hydrogens is 504 g/mol. The zero-order valence-corrected chi connectivity index (χ0v) is 21.3. The number of hydrogen-bond acceptors (Lipinski definition) is 9. The van der Waals surface area contributed by atoms with Gasteiger partial charge in [-0.2, -0.15) is 0 Å². The van der Waals surface area contributed by atoms with Crippen molar-refractivity contribution in [1.29, 1.82) is 0 Å². The molecular formula is C24H21ClN6O4S. The molecule has 0 radical (unpaired) electrons. The zero-order valence-electron chi connectivity index (χ0n) is 19.8. The van der Waals surface area contributed by atoms with Gasteiger partial charge in [-0.05, 0) is 43.3 Å². The maximum absolute atomic E-state index is 13.2. The number of ether oxygens (including phenoxy) is 2. The van der Waals surface area contributed by atoms with E-state index in [1.807, 2.05) is 6.92 Å². The quantitative estimate of drug-likeness (QED) is 0.351. The van der Waals surface area contributed by atoms with Gasteiger partial charge < -0.3 is 14.4 Å². The predicted molar refractivity (Wildman–Crippen MR) is 137 cm³/mol. The second kappa shape index (κ2) is 10.7. The largest absolute Gasteiger partial charge is 0.497 e. The van der Waals surface area contributed by atoms with Crippen molar-refractivity contribution < 1.29 is 19.1 Å². The molecule has 0 aliphatic rings. The van der Waals surface area contributed by atoms with E-state index < -0.39 is 5.91 Å². The van der Waals surface area contributed by atoms with Crippen molar-refractivity contribution in [3.8, 4) is 22.6 Å². The number of carbonyl (C=O) groups excluding carboxylic acids is 2. The highest BCUT2D eigenvalue weighted by atomic mass is 35.5. The average molecular weight is 525 g/mol. The van der Waals surface area contributed by atoms with Gasteiger partial charge in [0.1, 0.15) is 16.7 Å². The summed E-state index contributed by atoms with van der Waals surface area (Å²) in [6.07, 6.45) is 2.94. The molecule has 0 atom stereocenters. The van der Waals surface area contributed by atoms with E-state index >= 15 is 0 Å². The summed E-state index contributed by atoms with van der Waals surface area (Å²) in [6, 6.07) is 10.4. The summed E-state index contributed by atoms with van der Waals surface area (Å²) < 4.78 is 10.6. The fourth-order valence-electron chi connectivity index (χ4n) is 3.35. The van der Waals surface area contributed by atoms with E-state index in [0.29, 0.717) is 34.0 Å². The molecule has 184 valence electrons. The van der Waals surface area contributed by atoms with Gasteiger partial charge in [0.25, 0.3) is 11.8 Å². The third-order valence-corrected chi connectivity index (χ3v) is 6.26. The minimum Gasteiger partial charge on any atom is -0.497 e. The molecule has 10 nitrogen and oxygen atoms in total. The van der Waals surface area contributed by atoms with Gasteiger partial charge in [-0.3, -0.25) is 19.9 Å². The maximum atomic E-state index is 13.2. The van der Waals surface area contributed by atoms with Crippen molar-refractivity contribution in [3.05, 3.63) is 70.2 Å². The lowest BCUT2D eigenvalue weighted by atomic mass is 10.0. The molecule has 3 heterocycles.